The Hall–Kier alpha value is -1.25. The molecule has 0 amide bonds. The molecule has 2 aromatic carbocycles. The number of nitrogens with one attached hydrogen (secondary N) is 1. The summed E-state index contributed by atoms with van der Waals surface area (Å²) < 4.78 is 17.2. The molecule has 1 atom stereocenters. The summed E-state index contributed by atoms with van der Waals surface area (Å²) in [5.41, 5.74) is 8.18. The summed E-state index contributed by atoms with van der Waals surface area (Å²) in [7, 11) is 0.747. The van der Waals surface area contributed by atoms with Crippen molar-refractivity contribution in [2.24, 2.45) is 5.73 Å². The predicted octanol–water partition coefficient (Wildman–Crippen LogP) is 3.97. The lowest BCUT2D eigenvalue weighted by Crippen LogP contribution is -2.44. The van der Waals surface area contributed by atoms with Gasteiger partial charge in [-0.3, -0.25) is 0 Å². The minimum absolute atomic E-state index is 0. The largest absolute Gasteiger partial charge is 0.500 e. The molecule has 0 spiro atoms. The zero-order valence-corrected chi connectivity index (χ0v) is 19.3. The number of nitrogens with two attached hydrogens (primary N) is 1. The van der Waals surface area contributed by atoms with E-state index in [0.717, 1.165) is 31.9 Å². The molecule has 0 saturated carbocycles. The second kappa shape index (κ2) is 14.7. The molecule has 2 rings (SSSR count). The normalized spacial score (nSPS) is 12.4. The topological polar surface area (TPSA) is 65.7 Å². The highest BCUT2D eigenvalue weighted by Gasteiger charge is 2.38. The molecule has 2 aromatic rings. The fourth-order valence-corrected chi connectivity index (χ4v) is 5.23. The lowest BCUT2D eigenvalue weighted by atomic mass is 9.99. The van der Waals surface area contributed by atoms with Gasteiger partial charge in [-0.15, -0.1) is 12.4 Å². The summed E-state index contributed by atoms with van der Waals surface area (Å²) >= 11 is 0. The summed E-state index contributed by atoms with van der Waals surface area (Å²) in [6.45, 7) is 2.06. The Kier molecular flexibility index (Phi) is 13.1. The molecular formula is C22H35ClN2O3Si. The maximum absolute atomic E-state index is 5.94. The third-order valence-corrected chi connectivity index (χ3v) is 7.68. The second-order valence-corrected chi connectivity index (χ2v) is 9.76. The maximum Gasteiger partial charge on any atom is 0.500 e. The van der Waals surface area contributed by atoms with Gasteiger partial charge < -0.3 is 24.3 Å². The molecule has 7 heteroatoms. The van der Waals surface area contributed by atoms with Gasteiger partial charge in [-0.2, -0.15) is 0 Å². The molecule has 1 unspecified atom stereocenters. The standard InChI is InChI=1S/C22H34N2O3Si.ClH/c1-25-28(26-2,27-17-9-15-23)18-10-16-24-22(21-13-7-4-8-14-21)19-20-11-5-3-6-12-20;/h3-8,11-14,22,24H,9-10,15-19,23H2,1-2H3;1H. The van der Waals surface area contributed by atoms with Crippen molar-refractivity contribution in [1.29, 1.82) is 0 Å². The van der Waals surface area contributed by atoms with E-state index in [1.807, 2.05) is 0 Å². The molecule has 29 heavy (non-hydrogen) atoms. The summed E-state index contributed by atoms with van der Waals surface area (Å²) in [6.07, 6.45) is 2.69. The van der Waals surface area contributed by atoms with Crippen LogP contribution in [0.15, 0.2) is 60.7 Å². The minimum atomic E-state index is -2.60. The van der Waals surface area contributed by atoms with Crippen molar-refractivity contribution < 1.29 is 13.3 Å². The van der Waals surface area contributed by atoms with Gasteiger partial charge in [0.1, 0.15) is 0 Å². The third kappa shape index (κ3) is 8.96. The average molecular weight is 439 g/mol. The van der Waals surface area contributed by atoms with Crippen LogP contribution in [-0.4, -0.2) is 42.7 Å². The van der Waals surface area contributed by atoms with Crippen LogP contribution in [0.25, 0.3) is 0 Å². The van der Waals surface area contributed by atoms with Crippen LogP contribution < -0.4 is 11.1 Å². The van der Waals surface area contributed by atoms with Crippen LogP contribution in [0.5, 0.6) is 0 Å². The molecule has 0 aliphatic carbocycles. The van der Waals surface area contributed by atoms with Crippen molar-refractivity contribution in [2.45, 2.75) is 31.3 Å². The molecule has 0 heterocycles. The van der Waals surface area contributed by atoms with E-state index in [1.165, 1.54) is 11.1 Å². The highest BCUT2D eigenvalue weighted by molar-refractivity contribution is 6.60. The molecule has 3 N–H and O–H groups in total. The average Bonchev–Trinajstić information content (AvgIpc) is 2.76. The molecule has 5 nitrogen and oxygen atoms in total. The smallest absolute Gasteiger partial charge is 0.377 e. The van der Waals surface area contributed by atoms with E-state index in [4.69, 9.17) is 19.0 Å². The Labute approximate surface area is 182 Å². The zero-order valence-electron chi connectivity index (χ0n) is 17.5. The van der Waals surface area contributed by atoms with Crippen molar-refractivity contribution >= 4 is 21.2 Å². The van der Waals surface area contributed by atoms with Gasteiger partial charge >= 0.3 is 8.80 Å². The first kappa shape index (κ1) is 25.8. The first-order chi connectivity index (χ1) is 13.7. The Morgan fingerprint density at radius 3 is 2.14 bits per heavy atom. The Morgan fingerprint density at radius 1 is 0.931 bits per heavy atom. The van der Waals surface area contributed by atoms with E-state index in [1.54, 1.807) is 14.2 Å². The minimum Gasteiger partial charge on any atom is -0.377 e. The number of benzene rings is 2. The van der Waals surface area contributed by atoms with Crippen LogP contribution in [0.4, 0.5) is 0 Å². The van der Waals surface area contributed by atoms with Gasteiger partial charge in [0.15, 0.2) is 0 Å². The van der Waals surface area contributed by atoms with Gasteiger partial charge in [0, 0.05) is 32.9 Å². The van der Waals surface area contributed by atoms with Crippen molar-refractivity contribution in [3.8, 4) is 0 Å². The number of hydrogen-bond donors (Lipinski definition) is 2. The molecule has 0 saturated heterocycles. The van der Waals surface area contributed by atoms with Crippen LogP contribution in [0, 0.1) is 0 Å². The molecule has 162 valence electrons. The van der Waals surface area contributed by atoms with Crippen LogP contribution >= 0.6 is 12.4 Å². The quantitative estimate of drug-likeness (QED) is 0.345. The Bertz CT molecular complexity index is 645. The van der Waals surface area contributed by atoms with Gasteiger partial charge in [-0.05, 0) is 43.5 Å². The molecule has 0 radical (unpaired) electrons. The van der Waals surface area contributed by atoms with Crippen LogP contribution in [-0.2, 0) is 19.7 Å². The van der Waals surface area contributed by atoms with Gasteiger partial charge in [-0.1, -0.05) is 60.7 Å². The molecule has 0 fully saturated rings. The summed E-state index contributed by atoms with van der Waals surface area (Å²) in [5, 5.41) is 3.71. The monoisotopic (exact) mass is 438 g/mol. The van der Waals surface area contributed by atoms with Crippen LogP contribution in [0.2, 0.25) is 6.04 Å². The van der Waals surface area contributed by atoms with Gasteiger partial charge in [0.05, 0.1) is 0 Å². The summed E-state index contributed by atoms with van der Waals surface area (Å²) in [5.74, 6) is 0. The third-order valence-electron chi connectivity index (χ3n) is 4.83. The Morgan fingerprint density at radius 2 is 1.55 bits per heavy atom. The highest BCUT2D eigenvalue weighted by atomic mass is 35.5. The highest BCUT2D eigenvalue weighted by Crippen LogP contribution is 2.20. The van der Waals surface area contributed by atoms with Gasteiger partial charge in [-0.25, -0.2) is 0 Å². The summed E-state index contributed by atoms with van der Waals surface area (Å²) in [4.78, 5) is 0. The maximum atomic E-state index is 5.94. The predicted molar refractivity (Wildman–Crippen MR) is 123 cm³/mol. The lowest BCUT2D eigenvalue weighted by molar-refractivity contribution is 0.0970. The van der Waals surface area contributed by atoms with Gasteiger partial charge in [0.25, 0.3) is 0 Å². The van der Waals surface area contributed by atoms with Crippen molar-refractivity contribution in [3.05, 3.63) is 71.8 Å². The Balaban J connectivity index is 0.00000420. The van der Waals surface area contributed by atoms with Crippen LogP contribution in [0.1, 0.15) is 30.0 Å². The number of halogens is 1. The first-order valence-corrected chi connectivity index (χ1v) is 11.9. The van der Waals surface area contributed by atoms with E-state index >= 15 is 0 Å². The molecule has 0 aromatic heterocycles. The molecular weight excluding hydrogens is 404 g/mol. The van der Waals surface area contributed by atoms with Crippen molar-refractivity contribution in [2.75, 3.05) is 33.9 Å². The molecule has 0 aliphatic rings. The molecule has 0 bridgehead atoms. The van der Waals surface area contributed by atoms with E-state index in [-0.39, 0.29) is 18.4 Å². The van der Waals surface area contributed by atoms with Crippen molar-refractivity contribution in [1.82, 2.24) is 5.32 Å². The molecule has 0 aliphatic heterocycles. The number of hydrogen-bond acceptors (Lipinski definition) is 5. The second-order valence-electron chi connectivity index (χ2n) is 6.79. The SMILES string of the molecule is CO[Si](CCCNC(Cc1ccccc1)c1ccccc1)(OC)OCCCN.Cl. The summed E-state index contributed by atoms with van der Waals surface area (Å²) in [6, 6.07) is 22.2. The fraction of sp³-hybridized carbons (Fsp3) is 0.455. The lowest BCUT2D eigenvalue weighted by Gasteiger charge is -2.27. The van der Waals surface area contributed by atoms with E-state index in [0.29, 0.717) is 13.2 Å². The van der Waals surface area contributed by atoms with Gasteiger partial charge in [0.2, 0.25) is 0 Å². The van der Waals surface area contributed by atoms with Crippen molar-refractivity contribution in [3.63, 3.8) is 0 Å². The van der Waals surface area contributed by atoms with E-state index in [2.05, 4.69) is 66.0 Å². The van der Waals surface area contributed by atoms with E-state index < -0.39 is 8.80 Å². The fourth-order valence-electron chi connectivity index (χ4n) is 3.21. The van der Waals surface area contributed by atoms with Crippen LogP contribution in [0.3, 0.4) is 0 Å². The number of rotatable bonds is 14. The first-order valence-electron chi connectivity index (χ1n) is 9.99. The zero-order chi connectivity index (χ0) is 20.1. The van der Waals surface area contributed by atoms with E-state index in [9.17, 15) is 0 Å².